The summed E-state index contributed by atoms with van der Waals surface area (Å²) in [5, 5.41) is 10.6. The molecule has 2 aromatic heterocycles. The van der Waals surface area contributed by atoms with E-state index in [1.807, 2.05) is 31.2 Å². The van der Waals surface area contributed by atoms with Gasteiger partial charge in [0.2, 0.25) is 5.91 Å². The van der Waals surface area contributed by atoms with E-state index in [2.05, 4.69) is 20.6 Å². The zero-order valence-electron chi connectivity index (χ0n) is 15.4. The number of nitrogens with zero attached hydrogens (tertiary/aromatic N) is 4. The van der Waals surface area contributed by atoms with Crippen LogP contribution in [0.3, 0.4) is 0 Å². The Bertz CT molecular complexity index is 1020. The first kappa shape index (κ1) is 18.3. The first-order chi connectivity index (χ1) is 13.4. The van der Waals surface area contributed by atoms with Crippen LogP contribution in [0.15, 0.2) is 34.9 Å². The molecule has 0 bridgehead atoms. The number of hydrogen-bond acceptors (Lipinski definition) is 5. The minimum absolute atomic E-state index is 0.0624. The van der Waals surface area contributed by atoms with E-state index in [1.54, 1.807) is 0 Å². The van der Waals surface area contributed by atoms with E-state index < -0.39 is 12.3 Å². The van der Waals surface area contributed by atoms with Crippen molar-refractivity contribution in [3.8, 4) is 11.6 Å². The van der Waals surface area contributed by atoms with E-state index >= 15 is 0 Å². The summed E-state index contributed by atoms with van der Waals surface area (Å²) in [5.74, 6) is 0.155. The number of aromatic nitrogens is 4. The minimum atomic E-state index is -2.78. The Morgan fingerprint density at radius 3 is 2.75 bits per heavy atom. The van der Waals surface area contributed by atoms with Gasteiger partial charge < -0.3 is 9.84 Å². The van der Waals surface area contributed by atoms with Gasteiger partial charge in [0, 0.05) is 7.05 Å². The summed E-state index contributed by atoms with van der Waals surface area (Å²) in [6.45, 7) is 1.72. The Balaban J connectivity index is 1.68. The second-order valence-electron chi connectivity index (χ2n) is 6.91. The average Bonchev–Trinajstić information content (AvgIpc) is 3.13. The van der Waals surface area contributed by atoms with Crippen LogP contribution in [-0.4, -0.2) is 32.9 Å². The number of benzene rings is 1. The molecule has 1 N–H and O–H groups in total. The normalized spacial score (nSPS) is 15.0. The predicted octanol–water partition coefficient (Wildman–Crippen LogP) is 3.01. The molecule has 1 aliphatic carbocycles. The SMILES string of the molecule is CNC(=O)Cn1nc(-c2nc(C3(c4ccccc4C)CC3)no2)cc1C(F)F. The number of amides is 1. The number of nitrogens with one attached hydrogen (secondary N) is 1. The van der Waals surface area contributed by atoms with Gasteiger partial charge >= 0.3 is 0 Å². The van der Waals surface area contributed by atoms with Crippen LogP contribution in [-0.2, 0) is 16.8 Å². The number of rotatable bonds is 6. The molecule has 0 saturated heterocycles. The van der Waals surface area contributed by atoms with E-state index in [1.165, 1.54) is 13.1 Å². The third-order valence-electron chi connectivity index (χ3n) is 5.09. The number of aryl methyl sites for hydroxylation is 1. The van der Waals surface area contributed by atoms with Crippen molar-refractivity contribution in [3.05, 3.63) is 53.0 Å². The summed E-state index contributed by atoms with van der Waals surface area (Å²) in [4.78, 5) is 16.0. The maximum Gasteiger partial charge on any atom is 0.280 e. The molecule has 9 heteroatoms. The van der Waals surface area contributed by atoms with Crippen molar-refractivity contribution in [2.45, 2.75) is 38.2 Å². The van der Waals surface area contributed by atoms with Gasteiger partial charge in [-0.3, -0.25) is 9.48 Å². The van der Waals surface area contributed by atoms with Gasteiger partial charge in [-0.2, -0.15) is 10.1 Å². The van der Waals surface area contributed by atoms with Crippen LogP contribution in [0.25, 0.3) is 11.6 Å². The molecular formula is C19H19F2N5O2. The van der Waals surface area contributed by atoms with Gasteiger partial charge in [0.05, 0.1) is 5.41 Å². The molecule has 3 aromatic rings. The molecule has 7 nitrogen and oxygen atoms in total. The van der Waals surface area contributed by atoms with E-state index in [9.17, 15) is 13.6 Å². The number of hydrogen-bond donors (Lipinski definition) is 1. The molecule has 0 aliphatic heterocycles. The average molecular weight is 387 g/mol. The standard InChI is InChI=1S/C19H19F2N5O2/c1-11-5-3-4-6-12(11)19(7-8-19)18-23-17(28-25-18)13-9-14(16(20)21)26(24-13)10-15(27)22-2/h3-6,9,16H,7-8,10H2,1-2H3,(H,22,27). The summed E-state index contributed by atoms with van der Waals surface area (Å²) < 4.78 is 32.9. The molecule has 0 spiro atoms. The van der Waals surface area contributed by atoms with Crippen LogP contribution < -0.4 is 5.32 Å². The van der Waals surface area contributed by atoms with Crippen molar-refractivity contribution in [2.24, 2.45) is 0 Å². The van der Waals surface area contributed by atoms with Crippen LogP contribution in [0, 0.1) is 6.92 Å². The van der Waals surface area contributed by atoms with E-state index in [0.717, 1.165) is 28.7 Å². The van der Waals surface area contributed by atoms with Gasteiger partial charge in [-0.05, 0) is 37.0 Å². The first-order valence-corrected chi connectivity index (χ1v) is 8.92. The maximum absolute atomic E-state index is 13.3. The second-order valence-corrected chi connectivity index (χ2v) is 6.91. The number of carbonyl (C=O) groups is 1. The molecule has 0 unspecified atom stereocenters. The fraction of sp³-hybridized carbons (Fsp3) is 0.368. The highest BCUT2D eigenvalue weighted by Crippen LogP contribution is 2.53. The molecule has 0 atom stereocenters. The lowest BCUT2D eigenvalue weighted by molar-refractivity contribution is -0.121. The first-order valence-electron chi connectivity index (χ1n) is 8.92. The molecule has 1 aromatic carbocycles. The predicted molar refractivity (Wildman–Crippen MR) is 95.7 cm³/mol. The van der Waals surface area contributed by atoms with Gasteiger partial charge in [0.15, 0.2) is 11.5 Å². The summed E-state index contributed by atoms with van der Waals surface area (Å²) in [6.07, 6.45) is -0.996. The Labute approximate surface area is 159 Å². The molecule has 4 rings (SSSR count). The summed E-state index contributed by atoms with van der Waals surface area (Å²) in [6, 6.07) is 9.20. The maximum atomic E-state index is 13.3. The Morgan fingerprint density at radius 1 is 1.36 bits per heavy atom. The molecule has 1 amide bonds. The van der Waals surface area contributed by atoms with Gasteiger partial charge in [0.1, 0.15) is 12.2 Å². The lowest BCUT2D eigenvalue weighted by atomic mass is 9.91. The number of halogens is 2. The van der Waals surface area contributed by atoms with Crippen LogP contribution in [0.5, 0.6) is 0 Å². The molecular weight excluding hydrogens is 368 g/mol. The third-order valence-corrected chi connectivity index (χ3v) is 5.09. The van der Waals surface area contributed by atoms with Crippen molar-refractivity contribution in [1.29, 1.82) is 0 Å². The highest BCUT2D eigenvalue weighted by molar-refractivity contribution is 5.75. The Hall–Kier alpha value is -3.10. The van der Waals surface area contributed by atoms with Crippen LogP contribution in [0.4, 0.5) is 8.78 Å². The molecule has 1 saturated carbocycles. The molecule has 2 heterocycles. The van der Waals surface area contributed by atoms with Gasteiger partial charge in [0.25, 0.3) is 12.3 Å². The summed E-state index contributed by atoms with van der Waals surface area (Å²) in [5.41, 5.74) is 1.72. The number of alkyl halides is 2. The molecule has 1 aliphatic rings. The Morgan fingerprint density at radius 2 is 2.11 bits per heavy atom. The highest BCUT2D eigenvalue weighted by Gasteiger charge is 2.50. The van der Waals surface area contributed by atoms with Crippen molar-refractivity contribution >= 4 is 5.91 Å². The zero-order valence-corrected chi connectivity index (χ0v) is 15.4. The molecule has 146 valence electrons. The van der Waals surface area contributed by atoms with Gasteiger partial charge in [-0.1, -0.05) is 29.4 Å². The van der Waals surface area contributed by atoms with Gasteiger partial charge in [-0.25, -0.2) is 8.78 Å². The number of likely N-dealkylation sites (N-methyl/N-ethyl adjacent to an activating group) is 1. The topological polar surface area (TPSA) is 85.8 Å². The van der Waals surface area contributed by atoms with Crippen LogP contribution in [0.1, 0.15) is 41.9 Å². The fourth-order valence-corrected chi connectivity index (χ4v) is 3.42. The largest absolute Gasteiger partial charge is 0.358 e. The third kappa shape index (κ3) is 3.06. The monoisotopic (exact) mass is 387 g/mol. The van der Waals surface area contributed by atoms with Crippen molar-refractivity contribution in [1.82, 2.24) is 25.2 Å². The minimum Gasteiger partial charge on any atom is -0.358 e. The van der Waals surface area contributed by atoms with E-state index in [4.69, 9.17) is 4.52 Å². The fourth-order valence-electron chi connectivity index (χ4n) is 3.42. The van der Waals surface area contributed by atoms with E-state index in [0.29, 0.717) is 5.82 Å². The lowest BCUT2D eigenvalue weighted by Crippen LogP contribution is -2.25. The smallest absolute Gasteiger partial charge is 0.280 e. The zero-order chi connectivity index (χ0) is 19.9. The van der Waals surface area contributed by atoms with Crippen LogP contribution in [0.2, 0.25) is 0 Å². The van der Waals surface area contributed by atoms with Crippen molar-refractivity contribution in [2.75, 3.05) is 7.05 Å². The molecule has 1 fully saturated rings. The summed E-state index contributed by atoms with van der Waals surface area (Å²) >= 11 is 0. The van der Waals surface area contributed by atoms with Crippen molar-refractivity contribution in [3.63, 3.8) is 0 Å². The quantitative estimate of drug-likeness (QED) is 0.703. The Kier molecular flexibility index (Phi) is 4.44. The molecule has 28 heavy (non-hydrogen) atoms. The molecule has 0 radical (unpaired) electrons. The number of carbonyl (C=O) groups excluding carboxylic acids is 1. The van der Waals surface area contributed by atoms with Crippen molar-refractivity contribution < 1.29 is 18.1 Å². The second kappa shape index (κ2) is 6.81. The van der Waals surface area contributed by atoms with Gasteiger partial charge in [-0.15, -0.1) is 0 Å². The summed E-state index contributed by atoms with van der Waals surface area (Å²) in [7, 11) is 1.43. The van der Waals surface area contributed by atoms with E-state index in [-0.39, 0.29) is 29.2 Å². The van der Waals surface area contributed by atoms with Crippen LogP contribution >= 0.6 is 0 Å². The highest BCUT2D eigenvalue weighted by atomic mass is 19.3. The lowest BCUT2D eigenvalue weighted by Gasteiger charge is -2.13.